The van der Waals surface area contributed by atoms with Crippen molar-refractivity contribution in [2.75, 3.05) is 33.4 Å². The van der Waals surface area contributed by atoms with Gasteiger partial charge in [0.25, 0.3) is 0 Å². The lowest BCUT2D eigenvalue weighted by atomic mass is 10.1. The fourth-order valence-corrected chi connectivity index (χ4v) is 2.76. The monoisotopic (exact) mass is 225 g/mol. The van der Waals surface area contributed by atoms with Crippen LogP contribution in [0.25, 0.3) is 0 Å². The summed E-state index contributed by atoms with van der Waals surface area (Å²) in [5.41, 5.74) is 1.39. The highest BCUT2D eigenvalue weighted by Crippen LogP contribution is 2.26. The minimum atomic E-state index is -0.0703. The van der Waals surface area contributed by atoms with Crippen LogP contribution in [0.15, 0.2) is 11.6 Å². The summed E-state index contributed by atoms with van der Waals surface area (Å²) in [5, 5.41) is 9.78. The lowest BCUT2D eigenvalue weighted by molar-refractivity contribution is 0.107. The van der Waals surface area contributed by atoms with Gasteiger partial charge in [0.05, 0.1) is 19.3 Å². The second kappa shape index (κ2) is 5.80. The van der Waals surface area contributed by atoms with E-state index in [1.807, 2.05) is 0 Å². The van der Waals surface area contributed by atoms with Crippen molar-refractivity contribution in [3.05, 3.63) is 11.6 Å². The van der Waals surface area contributed by atoms with Crippen molar-refractivity contribution in [2.24, 2.45) is 5.92 Å². The smallest absolute Gasteiger partial charge is 0.0689 e. The fraction of sp³-hybridized carbons (Fsp3) is 0.846. The van der Waals surface area contributed by atoms with E-state index < -0.39 is 0 Å². The van der Waals surface area contributed by atoms with Crippen LogP contribution in [0.2, 0.25) is 0 Å². The maximum atomic E-state index is 9.78. The number of rotatable bonds is 4. The molecule has 2 aliphatic rings. The predicted molar refractivity (Wildman–Crippen MR) is 64.4 cm³/mol. The maximum absolute atomic E-state index is 9.78. The van der Waals surface area contributed by atoms with Crippen molar-refractivity contribution in [3.8, 4) is 0 Å². The summed E-state index contributed by atoms with van der Waals surface area (Å²) < 4.78 is 5.43. The highest BCUT2D eigenvalue weighted by Gasteiger charge is 2.26. The molecule has 1 fully saturated rings. The molecule has 0 aromatic heterocycles. The van der Waals surface area contributed by atoms with Gasteiger partial charge < -0.3 is 14.7 Å². The molecule has 2 rings (SSSR count). The van der Waals surface area contributed by atoms with E-state index in [-0.39, 0.29) is 6.10 Å². The van der Waals surface area contributed by atoms with Crippen molar-refractivity contribution in [3.63, 3.8) is 0 Å². The van der Waals surface area contributed by atoms with E-state index in [2.05, 4.69) is 18.0 Å². The first-order valence-electron chi connectivity index (χ1n) is 6.38. The maximum Gasteiger partial charge on any atom is 0.0689 e. The Kier molecular flexibility index (Phi) is 4.38. The Morgan fingerprint density at radius 2 is 2.38 bits per heavy atom. The molecule has 0 amide bonds. The Morgan fingerprint density at radius 3 is 3.00 bits per heavy atom. The van der Waals surface area contributed by atoms with Crippen molar-refractivity contribution < 1.29 is 9.84 Å². The molecule has 0 saturated heterocycles. The highest BCUT2D eigenvalue weighted by atomic mass is 16.5. The van der Waals surface area contributed by atoms with Crippen LogP contribution < -0.4 is 0 Å². The Labute approximate surface area is 98.1 Å². The molecule has 2 atom stereocenters. The van der Waals surface area contributed by atoms with Crippen molar-refractivity contribution in [1.82, 2.24) is 4.90 Å². The molecule has 3 heteroatoms. The summed E-state index contributed by atoms with van der Waals surface area (Å²) in [6.07, 6.45) is 6.64. The third-order valence-corrected chi connectivity index (χ3v) is 3.62. The van der Waals surface area contributed by atoms with E-state index in [4.69, 9.17) is 4.74 Å². The van der Waals surface area contributed by atoms with Crippen LogP contribution in [-0.4, -0.2) is 49.5 Å². The first kappa shape index (κ1) is 12.1. The third-order valence-electron chi connectivity index (χ3n) is 3.62. The normalized spacial score (nSPS) is 30.8. The molecule has 1 aliphatic carbocycles. The Balaban J connectivity index is 1.75. The van der Waals surface area contributed by atoms with Gasteiger partial charge in [0.15, 0.2) is 0 Å². The first-order chi connectivity index (χ1) is 7.75. The Hall–Kier alpha value is -0.380. The molecule has 2 unspecified atom stereocenters. The zero-order valence-electron chi connectivity index (χ0n) is 10.2. The van der Waals surface area contributed by atoms with Crippen LogP contribution in [0, 0.1) is 5.92 Å². The molecule has 1 N–H and O–H groups in total. The minimum Gasteiger partial charge on any atom is -0.393 e. The van der Waals surface area contributed by atoms with E-state index in [9.17, 15) is 5.11 Å². The van der Waals surface area contributed by atoms with Gasteiger partial charge in [-0.2, -0.15) is 0 Å². The molecule has 0 radical (unpaired) electrons. The summed E-state index contributed by atoms with van der Waals surface area (Å²) in [4.78, 5) is 2.32. The second-order valence-corrected chi connectivity index (χ2v) is 5.16. The minimum absolute atomic E-state index is 0.0703. The number of ether oxygens (including phenoxy) is 1. The fourth-order valence-electron chi connectivity index (χ4n) is 2.76. The van der Waals surface area contributed by atoms with Crippen molar-refractivity contribution >= 4 is 0 Å². The molecule has 0 aromatic carbocycles. The topological polar surface area (TPSA) is 32.7 Å². The van der Waals surface area contributed by atoms with Crippen molar-refractivity contribution in [1.29, 1.82) is 0 Å². The summed E-state index contributed by atoms with van der Waals surface area (Å²) in [5.74, 6) is 0.482. The number of likely N-dealkylation sites (N-methyl/N-ethyl adjacent to an activating group) is 1. The first-order valence-corrected chi connectivity index (χ1v) is 6.38. The third kappa shape index (κ3) is 3.30. The molecule has 0 aromatic rings. The summed E-state index contributed by atoms with van der Waals surface area (Å²) in [6, 6.07) is 0. The molecule has 0 spiro atoms. The zero-order chi connectivity index (χ0) is 11.4. The molecule has 0 bridgehead atoms. The highest BCUT2D eigenvalue weighted by molar-refractivity contribution is 5.07. The van der Waals surface area contributed by atoms with E-state index >= 15 is 0 Å². The van der Waals surface area contributed by atoms with E-state index in [1.54, 1.807) is 0 Å². The van der Waals surface area contributed by atoms with E-state index in [1.165, 1.54) is 18.4 Å². The average Bonchev–Trinajstić information content (AvgIpc) is 2.66. The quantitative estimate of drug-likeness (QED) is 0.735. The van der Waals surface area contributed by atoms with E-state index in [0.717, 1.165) is 39.1 Å². The number of hydrogen-bond acceptors (Lipinski definition) is 3. The van der Waals surface area contributed by atoms with Gasteiger partial charge in [-0.3, -0.25) is 0 Å². The van der Waals surface area contributed by atoms with Crippen LogP contribution >= 0.6 is 0 Å². The molecule has 3 nitrogen and oxygen atoms in total. The summed E-state index contributed by atoms with van der Waals surface area (Å²) >= 11 is 0. The number of aliphatic hydroxyl groups excluding tert-OH is 1. The number of aliphatic hydroxyl groups is 1. The van der Waals surface area contributed by atoms with Crippen LogP contribution in [0.3, 0.4) is 0 Å². The largest absolute Gasteiger partial charge is 0.393 e. The van der Waals surface area contributed by atoms with Gasteiger partial charge in [-0.1, -0.05) is 12.5 Å². The van der Waals surface area contributed by atoms with Crippen LogP contribution in [0.4, 0.5) is 0 Å². The van der Waals surface area contributed by atoms with Gasteiger partial charge in [-0.15, -0.1) is 0 Å². The predicted octanol–water partition coefficient (Wildman–Crippen LogP) is 1.43. The summed E-state index contributed by atoms with van der Waals surface area (Å²) in [7, 11) is 2.14. The molecule has 1 aliphatic heterocycles. The molecular weight excluding hydrogens is 202 g/mol. The zero-order valence-corrected chi connectivity index (χ0v) is 10.2. The van der Waals surface area contributed by atoms with Gasteiger partial charge in [0, 0.05) is 13.1 Å². The average molecular weight is 225 g/mol. The van der Waals surface area contributed by atoms with Crippen LogP contribution in [0.5, 0.6) is 0 Å². The Bertz CT molecular complexity index is 252. The molecule has 16 heavy (non-hydrogen) atoms. The molecule has 92 valence electrons. The SMILES string of the molecule is CN(CC1=CCCOC1)CC1CCCC1O. The second-order valence-electron chi connectivity index (χ2n) is 5.16. The lowest BCUT2D eigenvalue weighted by Gasteiger charge is -2.25. The van der Waals surface area contributed by atoms with Crippen molar-refractivity contribution in [2.45, 2.75) is 31.8 Å². The van der Waals surface area contributed by atoms with Gasteiger partial charge >= 0.3 is 0 Å². The number of nitrogens with zero attached hydrogens (tertiary/aromatic N) is 1. The number of hydrogen-bond donors (Lipinski definition) is 1. The van der Waals surface area contributed by atoms with E-state index in [0.29, 0.717) is 5.92 Å². The lowest BCUT2D eigenvalue weighted by Crippen LogP contribution is -2.32. The van der Waals surface area contributed by atoms with Gasteiger partial charge in [0.2, 0.25) is 0 Å². The standard InChI is InChI=1S/C13H23NO2/c1-14(8-11-4-3-7-16-10-11)9-12-5-2-6-13(12)15/h4,12-13,15H,2-3,5-10H2,1H3. The van der Waals surface area contributed by atoms with Crippen LogP contribution in [0.1, 0.15) is 25.7 Å². The molecular formula is C13H23NO2. The van der Waals surface area contributed by atoms with Gasteiger partial charge in [-0.25, -0.2) is 0 Å². The Morgan fingerprint density at radius 1 is 1.50 bits per heavy atom. The summed E-state index contributed by atoms with van der Waals surface area (Å²) in [6.45, 7) is 3.66. The van der Waals surface area contributed by atoms with Gasteiger partial charge in [-0.05, 0) is 37.8 Å². The van der Waals surface area contributed by atoms with Crippen LogP contribution in [-0.2, 0) is 4.74 Å². The molecule has 1 heterocycles. The van der Waals surface area contributed by atoms with Gasteiger partial charge in [0.1, 0.15) is 0 Å². The molecule has 1 saturated carbocycles.